The molecule has 1 amide bonds. The van der Waals surface area contributed by atoms with E-state index in [4.69, 9.17) is 11.6 Å². The van der Waals surface area contributed by atoms with Crippen molar-refractivity contribution < 1.29 is 18.0 Å². The number of nitrogens with one attached hydrogen (secondary N) is 1. The molecule has 1 N–H and O–H groups in total. The number of carbonyl (C=O) groups excluding carboxylic acids is 1. The van der Waals surface area contributed by atoms with Crippen LogP contribution in [-0.4, -0.2) is 29.9 Å². The van der Waals surface area contributed by atoms with Crippen LogP contribution in [0.5, 0.6) is 0 Å². The van der Waals surface area contributed by atoms with Crippen molar-refractivity contribution in [3.63, 3.8) is 0 Å². The molecule has 150 valence electrons. The molecular weight excluding hydrogens is 389 g/mol. The molecule has 1 aliphatic rings. The zero-order chi connectivity index (χ0) is 20.3. The third-order valence-electron chi connectivity index (χ3n) is 5.16. The van der Waals surface area contributed by atoms with Gasteiger partial charge in [0.05, 0.1) is 22.2 Å². The van der Waals surface area contributed by atoms with Crippen LogP contribution >= 0.6 is 11.6 Å². The Hall–Kier alpha value is -2.05. The average molecular weight is 411 g/mol. The number of halogens is 4. The Balaban J connectivity index is 1.85. The molecule has 0 bridgehead atoms. The first-order valence-corrected chi connectivity index (χ1v) is 9.60. The molecule has 1 fully saturated rings. The van der Waals surface area contributed by atoms with E-state index in [1.54, 1.807) is 0 Å². The molecule has 28 heavy (non-hydrogen) atoms. The van der Waals surface area contributed by atoms with Gasteiger partial charge in [0, 0.05) is 12.6 Å². The summed E-state index contributed by atoms with van der Waals surface area (Å²) in [7, 11) is 0. The fourth-order valence-electron chi connectivity index (χ4n) is 3.58. The summed E-state index contributed by atoms with van der Waals surface area (Å²) in [5.74, 6) is -0.614. The lowest BCUT2D eigenvalue weighted by molar-refractivity contribution is -0.137. The van der Waals surface area contributed by atoms with Gasteiger partial charge < -0.3 is 5.32 Å². The zero-order valence-corrected chi connectivity index (χ0v) is 16.2. The quantitative estimate of drug-likeness (QED) is 0.724. The van der Waals surface area contributed by atoms with E-state index in [1.807, 2.05) is 30.3 Å². The normalized spacial score (nSPS) is 18.8. The fraction of sp³-hybridized carbons (Fsp3) is 0.381. The van der Waals surface area contributed by atoms with Crippen molar-refractivity contribution in [1.29, 1.82) is 0 Å². The summed E-state index contributed by atoms with van der Waals surface area (Å²) in [5.41, 5.74) is -0.281. The lowest BCUT2D eigenvalue weighted by Crippen LogP contribution is -2.39. The first-order chi connectivity index (χ1) is 13.3. The molecular formula is C21H22ClF3N2O. The number of alkyl halides is 3. The maximum atomic E-state index is 13.1. The van der Waals surface area contributed by atoms with Crippen molar-refractivity contribution in [2.75, 3.05) is 13.1 Å². The van der Waals surface area contributed by atoms with Crippen molar-refractivity contribution in [1.82, 2.24) is 10.2 Å². The molecule has 1 heterocycles. The van der Waals surface area contributed by atoms with Gasteiger partial charge in [0.15, 0.2) is 0 Å². The maximum Gasteiger partial charge on any atom is 0.417 e. The summed E-state index contributed by atoms with van der Waals surface area (Å²) < 4.78 is 39.3. The molecule has 0 aliphatic carbocycles. The summed E-state index contributed by atoms with van der Waals surface area (Å²) in [4.78, 5) is 15.1. The van der Waals surface area contributed by atoms with Crippen LogP contribution in [0.1, 0.15) is 47.3 Å². The lowest BCUT2D eigenvalue weighted by atomic mass is 10.0. The van der Waals surface area contributed by atoms with E-state index < -0.39 is 22.7 Å². The van der Waals surface area contributed by atoms with Crippen LogP contribution in [0.25, 0.3) is 0 Å². The highest BCUT2D eigenvalue weighted by molar-refractivity contribution is 6.34. The second-order valence-electron chi connectivity index (χ2n) is 7.09. The third-order valence-corrected chi connectivity index (χ3v) is 5.57. The van der Waals surface area contributed by atoms with E-state index in [0.29, 0.717) is 12.6 Å². The van der Waals surface area contributed by atoms with E-state index >= 15 is 0 Å². The number of benzene rings is 2. The predicted molar refractivity (Wildman–Crippen MR) is 103 cm³/mol. The van der Waals surface area contributed by atoms with Gasteiger partial charge in [0.1, 0.15) is 0 Å². The van der Waals surface area contributed by atoms with Crippen molar-refractivity contribution in [3.8, 4) is 0 Å². The molecule has 7 heteroatoms. The van der Waals surface area contributed by atoms with Crippen molar-refractivity contribution in [2.45, 2.75) is 38.0 Å². The summed E-state index contributed by atoms with van der Waals surface area (Å²) in [6.45, 7) is 3.67. The molecule has 3 nitrogen and oxygen atoms in total. The Morgan fingerprint density at radius 2 is 1.93 bits per heavy atom. The standard InChI is InChI=1S/C21H22ClF3N2O/c1-14-7-6-12-27(14)13-18(15-8-3-2-4-9-15)26-20(28)16-10-5-11-17(19(16)22)21(23,24)25/h2-5,8-11,14,18H,6-7,12-13H2,1H3,(H,26,28)/t14?,18-/m1/s1. The molecule has 2 aromatic carbocycles. The van der Waals surface area contributed by atoms with E-state index in [0.717, 1.165) is 31.0 Å². The number of carbonyl (C=O) groups is 1. The summed E-state index contributed by atoms with van der Waals surface area (Å²) in [6, 6.07) is 12.9. The molecule has 0 aromatic heterocycles. The van der Waals surface area contributed by atoms with Gasteiger partial charge in [-0.3, -0.25) is 9.69 Å². The number of hydrogen-bond acceptors (Lipinski definition) is 2. The van der Waals surface area contributed by atoms with Gasteiger partial charge in [-0.1, -0.05) is 48.0 Å². The number of amides is 1. The minimum atomic E-state index is -4.61. The molecule has 2 atom stereocenters. The highest BCUT2D eigenvalue weighted by Crippen LogP contribution is 2.36. The van der Waals surface area contributed by atoms with Gasteiger partial charge in [0.2, 0.25) is 0 Å². The van der Waals surface area contributed by atoms with Gasteiger partial charge in [0.25, 0.3) is 5.91 Å². The van der Waals surface area contributed by atoms with Gasteiger partial charge in [-0.05, 0) is 44.0 Å². The molecule has 1 unspecified atom stereocenters. The highest BCUT2D eigenvalue weighted by Gasteiger charge is 2.35. The minimum Gasteiger partial charge on any atom is -0.344 e. The van der Waals surface area contributed by atoms with Gasteiger partial charge in [-0.25, -0.2) is 0 Å². The van der Waals surface area contributed by atoms with Gasteiger partial charge in [-0.2, -0.15) is 13.2 Å². The van der Waals surface area contributed by atoms with Crippen LogP contribution in [-0.2, 0) is 6.18 Å². The Morgan fingerprint density at radius 3 is 2.54 bits per heavy atom. The SMILES string of the molecule is CC1CCCN1C[C@@H](NC(=O)c1cccc(C(F)(F)F)c1Cl)c1ccccc1. The fourth-order valence-corrected chi connectivity index (χ4v) is 3.90. The first kappa shape index (κ1) is 20.7. The molecule has 3 rings (SSSR count). The molecule has 1 aliphatic heterocycles. The largest absolute Gasteiger partial charge is 0.417 e. The second-order valence-corrected chi connectivity index (χ2v) is 7.47. The molecule has 0 saturated carbocycles. The Bertz CT molecular complexity index is 826. The second kappa shape index (κ2) is 8.53. The Labute approximate surface area is 167 Å². The Kier molecular flexibility index (Phi) is 6.30. The van der Waals surface area contributed by atoms with Crippen molar-refractivity contribution in [2.24, 2.45) is 0 Å². The molecule has 0 radical (unpaired) electrons. The van der Waals surface area contributed by atoms with Crippen LogP contribution in [0.15, 0.2) is 48.5 Å². The van der Waals surface area contributed by atoms with E-state index in [2.05, 4.69) is 17.1 Å². The minimum absolute atomic E-state index is 0.174. The highest BCUT2D eigenvalue weighted by atomic mass is 35.5. The number of nitrogens with zero attached hydrogens (tertiary/aromatic N) is 1. The Morgan fingerprint density at radius 1 is 1.21 bits per heavy atom. The summed E-state index contributed by atoms with van der Waals surface area (Å²) >= 11 is 5.92. The number of rotatable bonds is 5. The molecule has 0 spiro atoms. The van der Waals surface area contributed by atoms with Crippen LogP contribution in [0.4, 0.5) is 13.2 Å². The topological polar surface area (TPSA) is 32.3 Å². The van der Waals surface area contributed by atoms with Crippen LogP contribution in [0.2, 0.25) is 5.02 Å². The maximum absolute atomic E-state index is 13.1. The molecule has 2 aromatic rings. The van der Waals surface area contributed by atoms with Crippen LogP contribution in [0.3, 0.4) is 0 Å². The smallest absolute Gasteiger partial charge is 0.344 e. The van der Waals surface area contributed by atoms with Gasteiger partial charge >= 0.3 is 6.18 Å². The van der Waals surface area contributed by atoms with E-state index in [9.17, 15) is 18.0 Å². The average Bonchev–Trinajstić information content (AvgIpc) is 3.05. The van der Waals surface area contributed by atoms with E-state index in [-0.39, 0.29) is 11.6 Å². The molecule has 1 saturated heterocycles. The van der Waals surface area contributed by atoms with Crippen molar-refractivity contribution >= 4 is 17.5 Å². The van der Waals surface area contributed by atoms with Crippen LogP contribution < -0.4 is 5.32 Å². The van der Waals surface area contributed by atoms with Gasteiger partial charge in [-0.15, -0.1) is 0 Å². The van der Waals surface area contributed by atoms with E-state index in [1.165, 1.54) is 12.1 Å². The number of likely N-dealkylation sites (tertiary alicyclic amines) is 1. The first-order valence-electron chi connectivity index (χ1n) is 9.23. The third kappa shape index (κ3) is 4.67. The summed E-state index contributed by atoms with van der Waals surface area (Å²) in [5, 5.41) is 2.31. The zero-order valence-electron chi connectivity index (χ0n) is 15.5. The predicted octanol–water partition coefficient (Wildman–Crippen LogP) is 5.31. The number of hydrogen-bond donors (Lipinski definition) is 1. The monoisotopic (exact) mass is 410 g/mol. The van der Waals surface area contributed by atoms with Crippen molar-refractivity contribution in [3.05, 3.63) is 70.2 Å². The van der Waals surface area contributed by atoms with Crippen LogP contribution in [0, 0.1) is 0 Å². The summed E-state index contributed by atoms with van der Waals surface area (Å²) in [6.07, 6.45) is -2.43. The lowest BCUT2D eigenvalue weighted by Gasteiger charge is -2.28.